The van der Waals surface area contributed by atoms with E-state index in [0.717, 1.165) is 4.80 Å². The van der Waals surface area contributed by atoms with Gasteiger partial charge in [-0.15, -0.1) is 0 Å². The minimum Gasteiger partial charge on any atom is -0.322 e. The topological polar surface area (TPSA) is 43.3 Å². The summed E-state index contributed by atoms with van der Waals surface area (Å²) in [5.41, 5.74) is 2.40. The molecule has 0 atom stereocenters. The third-order valence-electron chi connectivity index (χ3n) is 2.46. The van der Waals surface area contributed by atoms with Gasteiger partial charge in [-0.25, -0.2) is 0 Å². The van der Waals surface area contributed by atoms with E-state index >= 15 is 0 Å². The molecule has 2 rings (SSSR count). The van der Waals surface area contributed by atoms with Crippen molar-refractivity contribution in [2.45, 2.75) is 6.92 Å². The number of thiazole rings is 1. The lowest BCUT2D eigenvalue weighted by Crippen LogP contribution is -2.13. The van der Waals surface area contributed by atoms with Crippen LogP contribution >= 0.6 is 11.3 Å². The van der Waals surface area contributed by atoms with E-state index in [0.29, 0.717) is 0 Å². The Balaban J connectivity index is 2.65. The normalized spacial score (nSPS) is 12.0. The Labute approximate surface area is 92.5 Å². The van der Waals surface area contributed by atoms with Crippen LogP contribution < -0.4 is 10.6 Å². The van der Waals surface area contributed by atoms with E-state index in [9.17, 15) is 0 Å². The second-order valence-corrected chi connectivity index (χ2v) is 4.33. The van der Waals surface area contributed by atoms with E-state index in [-0.39, 0.29) is 0 Å². The van der Waals surface area contributed by atoms with E-state index in [1.807, 2.05) is 29.8 Å². The highest BCUT2D eigenvalue weighted by Crippen LogP contribution is 2.25. The summed E-state index contributed by atoms with van der Waals surface area (Å²) < 4.78 is 2.01. The number of rotatable bonds is 1. The molecule has 2 N–H and O–H groups in total. The molecular weight excluding hydrogens is 206 g/mol. The molecule has 3 nitrogen and oxygen atoms in total. The van der Waals surface area contributed by atoms with E-state index in [2.05, 4.69) is 24.2 Å². The number of nitrogens with zero attached hydrogens (tertiary/aromatic N) is 2. The van der Waals surface area contributed by atoms with E-state index in [1.165, 1.54) is 16.1 Å². The molecule has 2 aromatic rings. The fourth-order valence-corrected chi connectivity index (χ4v) is 2.55. The second-order valence-electron chi connectivity index (χ2n) is 3.35. The molecule has 0 fully saturated rings. The van der Waals surface area contributed by atoms with Gasteiger partial charge in [-0.05, 0) is 12.5 Å². The van der Waals surface area contributed by atoms with Crippen molar-refractivity contribution >= 4 is 11.3 Å². The summed E-state index contributed by atoms with van der Waals surface area (Å²) in [5.74, 6) is 5.33. The number of benzene rings is 1. The molecule has 0 aliphatic rings. The first-order chi connectivity index (χ1) is 7.24. The second kappa shape index (κ2) is 3.90. The minimum absolute atomic E-state index is 0.839. The number of hydrogen-bond acceptors (Lipinski definition) is 3. The third-order valence-corrected chi connectivity index (χ3v) is 3.76. The Morgan fingerprint density at radius 3 is 2.47 bits per heavy atom. The van der Waals surface area contributed by atoms with Crippen molar-refractivity contribution in [1.29, 1.82) is 0 Å². The first-order valence-electron chi connectivity index (χ1n) is 4.70. The Hall–Kier alpha value is -1.55. The Morgan fingerprint density at radius 1 is 1.27 bits per heavy atom. The molecule has 0 bridgehead atoms. The van der Waals surface area contributed by atoms with Gasteiger partial charge < -0.3 is 10.4 Å². The zero-order valence-electron chi connectivity index (χ0n) is 8.77. The van der Waals surface area contributed by atoms with Crippen LogP contribution in [0.4, 0.5) is 0 Å². The molecule has 0 saturated carbocycles. The zero-order chi connectivity index (χ0) is 10.8. The molecule has 0 aliphatic carbocycles. The summed E-state index contributed by atoms with van der Waals surface area (Å²) in [4.78, 5) is 2.06. The van der Waals surface area contributed by atoms with E-state index in [4.69, 9.17) is 5.84 Å². The zero-order valence-corrected chi connectivity index (χ0v) is 9.58. The van der Waals surface area contributed by atoms with Gasteiger partial charge >= 0.3 is 0 Å². The van der Waals surface area contributed by atoms with Crippen molar-refractivity contribution in [1.82, 2.24) is 4.57 Å². The van der Waals surface area contributed by atoms with Crippen LogP contribution in [0.5, 0.6) is 0 Å². The third kappa shape index (κ3) is 1.68. The van der Waals surface area contributed by atoms with Crippen molar-refractivity contribution in [3.63, 3.8) is 0 Å². The Bertz CT molecular complexity index is 523. The maximum absolute atomic E-state index is 5.33. The first kappa shape index (κ1) is 9.98. The molecule has 1 heterocycles. The lowest BCUT2D eigenvalue weighted by atomic mass is 10.2. The maximum Gasteiger partial charge on any atom is 0.208 e. The lowest BCUT2D eigenvalue weighted by molar-refractivity contribution is 0.821. The fraction of sp³-hybridized carbons (Fsp3) is 0.182. The van der Waals surface area contributed by atoms with Gasteiger partial charge in [-0.3, -0.25) is 0 Å². The largest absolute Gasteiger partial charge is 0.322 e. The number of aromatic nitrogens is 1. The van der Waals surface area contributed by atoms with Crippen LogP contribution in [0.15, 0.2) is 35.4 Å². The lowest BCUT2D eigenvalue weighted by Gasteiger charge is -1.99. The van der Waals surface area contributed by atoms with Crippen LogP contribution in [0, 0.1) is 6.92 Å². The van der Waals surface area contributed by atoms with Gasteiger partial charge in [-0.1, -0.05) is 41.7 Å². The van der Waals surface area contributed by atoms with Crippen molar-refractivity contribution in [2.24, 2.45) is 18.0 Å². The summed E-state index contributed by atoms with van der Waals surface area (Å²) in [6.45, 7) is 2.08. The van der Waals surface area contributed by atoms with Gasteiger partial charge in [0, 0.05) is 12.7 Å². The minimum atomic E-state index is 0.839. The van der Waals surface area contributed by atoms with Crippen LogP contribution in [0.25, 0.3) is 10.4 Å². The van der Waals surface area contributed by atoms with E-state index < -0.39 is 0 Å². The highest BCUT2D eigenvalue weighted by atomic mass is 32.1. The number of nitrogens with two attached hydrogens (primary N) is 1. The van der Waals surface area contributed by atoms with E-state index in [1.54, 1.807) is 11.3 Å². The number of hydrogen-bond donors (Lipinski definition) is 1. The molecule has 78 valence electrons. The van der Waals surface area contributed by atoms with Gasteiger partial charge in [0.1, 0.15) is 0 Å². The molecule has 0 aliphatic heterocycles. The highest BCUT2D eigenvalue weighted by Gasteiger charge is 2.07. The summed E-state index contributed by atoms with van der Waals surface area (Å²) in [7, 11) is 1.98. The van der Waals surface area contributed by atoms with Crippen molar-refractivity contribution in [3.8, 4) is 10.4 Å². The standard InChI is InChI=1S/C11H13N3S/c1-8-10(9-6-4-3-5-7-9)15-11(13-12)14(8)2/h3-7H,12H2,1-2H3/b13-11+. The maximum atomic E-state index is 5.33. The Kier molecular flexibility index (Phi) is 2.60. The van der Waals surface area contributed by atoms with Crippen molar-refractivity contribution < 1.29 is 0 Å². The molecule has 0 spiro atoms. The van der Waals surface area contributed by atoms with Crippen molar-refractivity contribution in [2.75, 3.05) is 0 Å². The first-order valence-corrected chi connectivity index (χ1v) is 5.51. The molecule has 1 aromatic heterocycles. The molecular formula is C11H13N3S. The average Bonchev–Trinajstić information content (AvgIpc) is 2.57. The van der Waals surface area contributed by atoms with Crippen LogP contribution in [0.2, 0.25) is 0 Å². The van der Waals surface area contributed by atoms with Crippen LogP contribution in [0.3, 0.4) is 0 Å². The summed E-state index contributed by atoms with van der Waals surface area (Å²) >= 11 is 1.61. The molecule has 0 radical (unpaired) electrons. The van der Waals surface area contributed by atoms with Crippen LogP contribution in [0.1, 0.15) is 5.69 Å². The van der Waals surface area contributed by atoms with Gasteiger partial charge in [0.25, 0.3) is 0 Å². The summed E-state index contributed by atoms with van der Waals surface area (Å²) in [6.07, 6.45) is 0. The predicted molar refractivity (Wildman–Crippen MR) is 63.2 cm³/mol. The molecule has 15 heavy (non-hydrogen) atoms. The van der Waals surface area contributed by atoms with Gasteiger partial charge in [0.15, 0.2) is 0 Å². The summed E-state index contributed by atoms with van der Waals surface area (Å²) in [6, 6.07) is 10.3. The summed E-state index contributed by atoms with van der Waals surface area (Å²) in [5, 5.41) is 3.76. The molecule has 0 saturated heterocycles. The van der Waals surface area contributed by atoms with Gasteiger partial charge in [0.05, 0.1) is 4.88 Å². The quantitative estimate of drug-likeness (QED) is 0.577. The monoisotopic (exact) mass is 219 g/mol. The van der Waals surface area contributed by atoms with Crippen LogP contribution in [-0.2, 0) is 7.05 Å². The fourth-order valence-electron chi connectivity index (χ4n) is 1.50. The predicted octanol–water partition coefficient (Wildman–Crippen LogP) is 1.84. The van der Waals surface area contributed by atoms with Gasteiger partial charge in [0.2, 0.25) is 4.80 Å². The molecule has 0 unspecified atom stereocenters. The molecule has 0 amide bonds. The highest BCUT2D eigenvalue weighted by molar-refractivity contribution is 7.13. The average molecular weight is 219 g/mol. The smallest absolute Gasteiger partial charge is 0.208 e. The molecule has 1 aromatic carbocycles. The SMILES string of the molecule is Cc1c(-c2ccccc2)s/c(=N/N)n1C. The molecule has 4 heteroatoms. The Morgan fingerprint density at radius 2 is 1.93 bits per heavy atom. The van der Waals surface area contributed by atoms with Crippen molar-refractivity contribution in [3.05, 3.63) is 40.8 Å². The van der Waals surface area contributed by atoms with Crippen LogP contribution in [-0.4, -0.2) is 4.57 Å². The van der Waals surface area contributed by atoms with Gasteiger partial charge in [-0.2, -0.15) is 5.10 Å².